The molecule has 31 heavy (non-hydrogen) atoms. The molecule has 1 aliphatic rings. The maximum Gasteiger partial charge on any atom is 0.412 e. The van der Waals surface area contributed by atoms with Crippen LogP contribution in [0.4, 0.5) is 10.5 Å². The van der Waals surface area contributed by atoms with Crippen molar-refractivity contribution < 1.29 is 38.4 Å². The van der Waals surface area contributed by atoms with Gasteiger partial charge in [0, 0.05) is 25.3 Å². The van der Waals surface area contributed by atoms with Crippen molar-refractivity contribution in [2.75, 3.05) is 31.6 Å². The minimum atomic E-state index is -0.825. The molecule has 0 saturated heterocycles. The molecule has 0 aromatic heterocycles. The van der Waals surface area contributed by atoms with E-state index in [9.17, 15) is 14.7 Å². The molecular formula is C21H23NO8S. The average Bonchev–Trinajstić information content (AvgIpc) is 3.24. The molecule has 2 aromatic rings. The van der Waals surface area contributed by atoms with Gasteiger partial charge in [-0.2, -0.15) is 12.6 Å². The Kier molecular flexibility index (Phi) is 7.85. The van der Waals surface area contributed by atoms with Crippen LogP contribution in [0.25, 0.3) is 0 Å². The number of nitrogens with one attached hydrogen (secondary N) is 1. The molecule has 0 fully saturated rings. The highest BCUT2D eigenvalue weighted by Crippen LogP contribution is 2.34. The summed E-state index contributed by atoms with van der Waals surface area (Å²) in [5.41, 5.74) is 1.07. The Bertz CT molecular complexity index is 905. The largest absolute Gasteiger partial charge is 0.508 e. The van der Waals surface area contributed by atoms with Gasteiger partial charge in [0.1, 0.15) is 11.9 Å². The lowest BCUT2D eigenvalue weighted by Crippen LogP contribution is -2.29. The molecule has 0 radical (unpaired) electrons. The molecule has 2 atom stereocenters. The molecule has 2 N–H and O–H groups in total. The van der Waals surface area contributed by atoms with Crippen LogP contribution in [-0.4, -0.2) is 49.5 Å². The standard InChI is InChI=1S/C21H23NO8S/c1-26-17(8-9-27-19(24)11-31)20(13-2-5-15(23)6-3-13)30-21(25)22-14-4-7-16-18(10-14)29-12-28-16/h2-7,10,17,20,23,31H,8-9,11-12H2,1H3,(H,22,25)/t17-,20-/m0/s1. The first-order chi connectivity index (χ1) is 15.0. The molecule has 0 saturated carbocycles. The first-order valence-corrected chi connectivity index (χ1v) is 10.1. The third-order valence-corrected chi connectivity index (χ3v) is 4.77. The van der Waals surface area contributed by atoms with E-state index in [4.69, 9.17) is 23.7 Å². The van der Waals surface area contributed by atoms with Crippen LogP contribution in [0.15, 0.2) is 42.5 Å². The quantitative estimate of drug-likeness (QED) is 0.395. The Morgan fingerprint density at radius 3 is 2.61 bits per heavy atom. The van der Waals surface area contributed by atoms with Crippen molar-refractivity contribution in [1.29, 1.82) is 0 Å². The van der Waals surface area contributed by atoms with Crippen LogP contribution in [0.5, 0.6) is 17.2 Å². The molecule has 0 aliphatic carbocycles. The van der Waals surface area contributed by atoms with Crippen molar-refractivity contribution in [1.82, 2.24) is 0 Å². The molecule has 166 valence electrons. The van der Waals surface area contributed by atoms with Crippen molar-refractivity contribution in [3.05, 3.63) is 48.0 Å². The summed E-state index contributed by atoms with van der Waals surface area (Å²) in [6.45, 7) is 0.194. The number of carbonyl (C=O) groups is 2. The fourth-order valence-electron chi connectivity index (χ4n) is 2.99. The predicted octanol–water partition coefficient (Wildman–Crippen LogP) is 3.29. The van der Waals surface area contributed by atoms with Gasteiger partial charge in [0.25, 0.3) is 0 Å². The second-order valence-corrected chi connectivity index (χ2v) is 6.87. The number of anilines is 1. The van der Waals surface area contributed by atoms with Gasteiger partial charge in [-0.3, -0.25) is 10.1 Å². The first kappa shape index (κ1) is 22.6. The number of amides is 1. The van der Waals surface area contributed by atoms with Gasteiger partial charge in [0.05, 0.1) is 12.4 Å². The fraction of sp³-hybridized carbons (Fsp3) is 0.333. The number of ether oxygens (including phenoxy) is 5. The Hall–Kier alpha value is -3.11. The van der Waals surface area contributed by atoms with Crippen LogP contribution in [0.3, 0.4) is 0 Å². The number of thiol groups is 1. The van der Waals surface area contributed by atoms with Crippen LogP contribution >= 0.6 is 12.6 Å². The zero-order valence-electron chi connectivity index (χ0n) is 16.8. The highest BCUT2D eigenvalue weighted by molar-refractivity contribution is 7.81. The van der Waals surface area contributed by atoms with Gasteiger partial charge >= 0.3 is 12.1 Å². The summed E-state index contributed by atoms with van der Waals surface area (Å²) in [5.74, 6) is 0.697. The summed E-state index contributed by atoms with van der Waals surface area (Å²) in [6, 6.07) is 11.2. The Morgan fingerprint density at radius 1 is 1.16 bits per heavy atom. The monoisotopic (exact) mass is 449 g/mol. The van der Waals surface area contributed by atoms with Crippen LogP contribution in [0.2, 0.25) is 0 Å². The highest BCUT2D eigenvalue weighted by Gasteiger charge is 2.28. The van der Waals surface area contributed by atoms with Gasteiger partial charge in [-0.15, -0.1) is 0 Å². The Morgan fingerprint density at radius 2 is 1.90 bits per heavy atom. The van der Waals surface area contributed by atoms with E-state index in [1.807, 2.05) is 0 Å². The summed E-state index contributed by atoms with van der Waals surface area (Å²) in [7, 11) is 1.47. The number of hydrogen-bond acceptors (Lipinski definition) is 9. The lowest BCUT2D eigenvalue weighted by Gasteiger charge is -2.26. The minimum Gasteiger partial charge on any atom is -0.508 e. The normalized spacial score (nSPS) is 13.9. The molecule has 1 aliphatic heterocycles. The average molecular weight is 449 g/mol. The Labute approximate surface area is 184 Å². The number of hydrogen-bond donors (Lipinski definition) is 3. The van der Waals surface area contributed by atoms with Crippen LogP contribution in [0, 0.1) is 0 Å². The van der Waals surface area contributed by atoms with Gasteiger partial charge in [0.15, 0.2) is 17.6 Å². The molecule has 0 bridgehead atoms. The second kappa shape index (κ2) is 10.8. The van der Waals surface area contributed by atoms with E-state index in [-0.39, 0.29) is 31.3 Å². The summed E-state index contributed by atoms with van der Waals surface area (Å²) in [6.07, 6.45) is -1.88. The summed E-state index contributed by atoms with van der Waals surface area (Å²) in [4.78, 5) is 23.9. The smallest absolute Gasteiger partial charge is 0.412 e. The first-order valence-electron chi connectivity index (χ1n) is 9.45. The molecule has 1 heterocycles. The zero-order valence-corrected chi connectivity index (χ0v) is 17.7. The van der Waals surface area contributed by atoms with E-state index in [1.165, 1.54) is 19.2 Å². The minimum absolute atomic E-state index is 0.0342. The van der Waals surface area contributed by atoms with Crippen molar-refractivity contribution >= 4 is 30.4 Å². The number of phenolic OH excluding ortho intramolecular Hbond substituents is 1. The topological polar surface area (TPSA) is 113 Å². The number of phenols is 1. The van der Waals surface area contributed by atoms with Gasteiger partial charge < -0.3 is 28.8 Å². The molecule has 1 amide bonds. The van der Waals surface area contributed by atoms with Crippen molar-refractivity contribution in [3.8, 4) is 17.2 Å². The SMILES string of the molecule is CO[C@@H](CCOC(=O)CS)[C@@H](OC(=O)Nc1ccc2c(c1)OCO2)c1ccc(O)cc1. The van der Waals surface area contributed by atoms with Crippen LogP contribution < -0.4 is 14.8 Å². The van der Waals surface area contributed by atoms with Crippen LogP contribution in [0.1, 0.15) is 18.1 Å². The maximum atomic E-state index is 12.6. The lowest BCUT2D eigenvalue weighted by molar-refractivity contribution is -0.141. The lowest BCUT2D eigenvalue weighted by atomic mass is 10.0. The van der Waals surface area contributed by atoms with Crippen molar-refractivity contribution in [2.24, 2.45) is 0 Å². The molecule has 3 rings (SSSR count). The number of benzene rings is 2. The van der Waals surface area contributed by atoms with Crippen molar-refractivity contribution in [2.45, 2.75) is 18.6 Å². The number of aromatic hydroxyl groups is 1. The summed E-state index contributed by atoms with van der Waals surface area (Å²) >= 11 is 3.86. The third kappa shape index (κ3) is 6.19. The van der Waals surface area contributed by atoms with E-state index >= 15 is 0 Å². The van der Waals surface area contributed by atoms with E-state index < -0.39 is 24.3 Å². The molecule has 2 aromatic carbocycles. The van der Waals surface area contributed by atoms with Crippen molar-refractivity contribution in [3.63, 3.8) is 0 Å². The predicted molar refractivity (Wildman–Crippen MR) is 114 cm³/mol. The van der Waals surface area contributed by atoms with Gasteiger partial charge in [-0.25, -0.2) is 4.79 Å². The third-order valence-electron chi connectivity index (χ3n) is 4.51. The van der Waals surface area contributed by atoms with Crippen LogP contribution in [-0.2, 0) is 19.0 Å². The van der Waals surface area contributed by atoms with E-state index in [2.05, 4.69) is 17.9 Å². The number of carbonyl (C=O) groups excluding carboxylic acids is 2. The highest BCUT2D eigenvalue weighted by atomic mass is 32.1. The number of esters is 1. The molecule has 9 nitrogen and oxygen atoms in total. The Balaban J connectivity index is 1.71. The molecule has 0 unspecified atom stereocenters. The molecule has 10 heteroatoms. The number of rotatable bonds is 9. The van der Waals surface area contributed by atoms with E-state index in [0.29, 0.717) is 22.7 Å². The second-order valence-electron chi connectivity index (χ2n) is 6.55. The van der Waals surface area contributed by atoms with E-state index in [0.717, 1.165) is 0 Å². The maximum absolute atomic E-state index is 12.6. The molecular weight excluding hydrogens is 426 g/mol. The van der Waals surface area contributed by atoms with Gasteiger partial charge in [-0.05, 0) is 29.8 Å². The van der Waals surface area contributed by atoms with E-state index in [1.54, 1.807) is 30.3 Å². The number of methoxy groups -OCH3 is 1. The summed E-state index contributed by atoms with van der Waals surface area (Å²) in [5, 5.41) is 12.2. The van der Waals surface area contributed by atoms with Gasteiger partial charge in [0.2, 0.25) is 6.79 Å². The molecule has 0 spiro atoms. The zero-order chi connectivity index (χ0) is 22.2. The van der Waals surface area contributed by atoms with Gasteiger partial charge in [-0.1, -0.05) is 12.1 Å². The number of fused-ring (bicyclic) bond motifs is 1. The summed E-state index contributed by atoms with van der Waals surface area (Å²) < 4.78 is 26.8. The fourth-order valence-corrected chi connectivity index (χ4v) is 3.08.